The van der Waals surface area contributed by atoms with Crippen molar-refractivity contribution in [1.82, 2.24) is 5.32 Å². The predicted octanol–water partition coefficient (Wildman–Crippen LogP) is 4.67. The normalized spacial score (nSPS) is 20.1. The Balaban J connectivity index is 1.66. The van der Waals surface area contributed by atoms with Crippen LogP contribution in [0.25, 0.3) is 0 Å². The first kappa shape index (κ1) is 23.6. The molecule has 0 aromatic heterocycles. The minimum Gasteiger partial charge on any atom is -0.457 e. The third-order valence-corrected chi connectivity index (χ3v) is 6.85. The van der Waals surface area contributed by atoms with Crippen molar-refractivity contribution in [3.05, 3.63) is 86.2 Å². The van der Waals surface area contributed by atoms with Crippen LogP contribution < -0.4 is 14.8 Å². The minimum absolute atomic E-state index is 0.0447. The monoisotopic (exact) mass is 490 g/mol. The summed E-state index contributed by atoms with van der Waals surface area (Å²) < 4.78 is 16.6. The first-order valence-electron chi connectivity index (χ1n) is 11.7. The number of benzene rings is 2. The Morgan fingerprint density at radius 2 is 1.89 bits per heavy atom. The molecule has 9 nitrogen and oxygen atoms in total. The molecular weight excluding hydrogens is 464 g/mol. The van der Waals surface area contributed by atoms with Gasteiger partial charge in [-0.2, -0.15) is 0 Å². The van der Waals surface area contributed by atoms with Crippen LogP contribution in [0.2, 0.25) is 0 Å². The molecular formula is C27H26N2O7. The van der Waals surface area contributed by atoms with Crippen LogP contribution in [0.3, 0.4) is 0 Å². The van der Waals surface area contributed by atoms with Gasteiger partial charge in [-0.3, -0.25) is 14.9 Å². The van der Waals surface area contributed by atoms with Gasteiger partial charge in [-0.05, 0) is 29.5 Å². The molecule has 0 amide bonds. The van der Waals surface area contributed by atoms with Gasteiger partial charge >= 0.3 is 5.97 Å². The topological polar surface area (TPSA) is 117 Å². The largest absolute Gasteiger partial charge is 0.457 e. The molecule has 2 aliphatic heterocycles. The Morgan fingerprint density at radius 1 is 1.19 bits per heavy atom. The lowest BCUT2D eigenvalue weighted by Crippen LogP contribution is -2.40. The van der Waals surface area contributed by atoms with Gasteiger partial charge in [-0.1, -0.05) is 44.2 Å². The molecule has 36 heavy (non-hydrogen) atoms. The van der Waals surface area contributed by atoms with Crippen molar-refractivity contribution in [3.63, 3.8) is 0 Å². The smallest absolute Gasteiger partial charge is 0.337 e. The van der Waals surface area contributed by atoms with E-state index in [2.05, 4.69) is 5.32 Å². The van der Waals surface area contributed by atoms with Gasteiger partial charge in [0.25, 0.3) is 5.69 Å². The molecule has 3 aliphatic rings. The highest BCUT2D eigenvalue weighted by molar-refractivity contribution is 5.94. The summed E-state index contributed by atoms with van der Waals surface area (Å²) in [5.41, 5.74) is 2.48. The average Bonchev–Trinajstić information content (AvgIpc) is 3.28. The van der Waals surface area contributed by atoms with Gasteiger partial charge in [0.2, 0.25) is 6.79 Å². The van der Waals surface area contributed by atoms with Crippen LogP contribution in [0.4, 0.5) is 5.69 Å². The summed E-state index contributed by atoms with van der Waals surface area (Å²) >= 11 is 0. The Kier molecular flexibility index (Phi) is 5.78. The minimum atomic E-state index is -0.803. The molecule has 0 fully saturated rings. The van der Waals surface area contributed by atoms with E-state index < -0.39 is 22.2 Å². The number of esters is 1. The van der Waals surface area contributed by atoms with Gasteiger partial charge in [-0.25, -0.2) is 4.79 Å². The third kappa shape index (κ3) is 4.10. The molecule has 2 aromatic rings. The standard InChI is InChI=1S/C27H26N2O7/c1-15-23(26(31)34-13-16-7-5-4-6-8-16)24(25-19(28-15)9-17(30)12-27(25,2)3)18-10-21-22(36-14-35-21)11-20(18)29(32)33/h4-8,10-11,24,28H,9,12-14H2,1-3H3. The van der Waals surface area contributed by atoms with Crippen LogP contribution in [0, 0.1) is 15.5 Å². The Labute approximate surface area is 207 Å². The number of hydrogen-bond donors (Lipinski definition) is 1. The fraction of sp³-hybridized carbons (Fsp3) is 0.333. The van der Waals surface area contributed by atoms with Crippen molar-refractivity contribution < 1.29 is 28.7 Å². The Morgan fingerprint density at radius 3 is 2.58 bits per heavy atom. The Hall–Kier alpha value is -4.14. The summed E-state index contributed by atoms with van der Waals surface area (Å²) in [6.45, 7) is 5.57. The molecule has 1 aliphatic carbocycles. The first-order valence-corrected chi connectivity index (χ1v) is 11.7. The highest BCUT2D eigenvalue weighted by Gasteiger charge is 2.47. The van der Waals surface area contributed by atoms with Gasteiger partial charge in [0, 0.05) is 35.7 Å². The number of nitrogens with one attached hydrogen (secondary N) is 1. The van der Waals surface area contributed by atoms with Crippen molar-refractivity contribution in [2.45, 2.75) is 46.1 Å². The molecule has 0 radical (unpaired) electrons. The van der Waals surface area contributed by atoms with E-state index in [1.165, 1.54) is 6.07 Å². The zero-order chi connectivity index (χ0) is 25.6. The van der Waals surface area contributed by atoms with Crippen molar-refractivity contribution in [2.24, 2.45) is 5.41 Å². The van der Waals surface area contributed by atoms with E-state index in [-0.39, 0.29) is 49.0 Å². The lowest BCUT2D eigenvalue weighted by atomic mass is 9.64. The lowest BCUT2D eigenvalue weighted by molar-refractivity contribution is -0.385. The number of carbonyl (C=O) groups is 2. The molecule has 0 saturated carbocycles. The van der Waals surface area contributed by atoms with Crippen LogP contribution in [-0.4, -0.2) is 23.5 Å². The molecule has 0 bridgehead atoms. The van der Waals surface area contributed by atoms with E-state index in [0.29, 0.717) is 22.7 Å². The maximum absolute atomic E-state index is 13.6. The second-order valence-corrected chi connectivity index (χ2v) is 9.85. The van der Waals surface area contributed by atoms with E-state index >= 15 is 0 Å². The van der Waals surface area contributed by atoms with Crippen molar-refractivity contribution in [1.29, 1.82) is 0 Å². The molecule has 0 saturated heterocycles. The van der Waals surface area contributed by atoms with Crippen molar-refractivity contribution in [3.8, 4) is 11.5 Å². The molecule has 2 aromatic carbocycles. The molecule has 0 spiro atoms. The highest BCUT2D eigenvalue weighted by atomic mass is 16.7. The fourth-order valence-corrected chi connectivity index (χ4v) is 5.40. The van der Waals surface area contributed by atoms with Crippen LogP contribution in [0.5, 0.6) is 11.5 Å². The number of hydrogen-bond acceptors (Lipinski definition) is 8. The predicted molar refractivity (Wildman–Crippen MR) is 129 cm³/mol. The first-order chi connectivity index (χ1) is 17.2. The second-order valence-electron chi connectivity index (χ2n) is 9.85. The van der Waals surface area contributed by atoms with Crippen LogP contribution >= 0.6 is 0 Å². The number of Topliss-reactive ketones (excluding diaryl/α,β-unsaturated/α-hetero) is 1. The molecule has 1 N–H and O–H groups in total. The van der Waals surface area contributed by atoms with Gasteiger partial charge in [-0.15, -0.1) is 0 Å². The molecule has 1 unspecified atom stereocenters. The van der Waals surface area contributed by atoms with Crippen molar-refractivity contribution in [2.75, 3.05) is 6.79 Å². The number of ketones is 1. The zero-order valence-electron chi connectivity index (χ0n) is 20.3. The molecule has 186 valence electrons. The molecule has 5 rings (SSSR count). The summed E-state index contributed by atoms with van der Waals surface area (Å²) in [6, 6.07) is 12.2. The summed E-state index contributed by atoms with van der Waals surface area (Å²) in [6.07, 6.45) is 0.422. The third-order valence-electron chi connectivity index (χ3n) is 6.85. The molecule has 2 heterocycles. The number of nitro benzene ring substituents is 1. The number of fused-ring (bicyclic) bond motifs is 1. The van der Waals surface area contributed by atoms with E-state index in [1.54, 1.807) is 13.0 Å². The fourth-order valence-electron chi connectivity index (χ4n) is 5.40. The summed E-state index contributed by atoms with van der Waals surface area (Å²) in [4.78, 5) is 37.9. The summed E-state index contributed by atoms with van der Waals surface area (Å²) in [5.74, 6) is -0.674. The quantitative estimate of drug-likeness (QED) is 0.365. The number of dihydropyridines is 1. The van der Waals surface area contributed by atoms with E-state index in [1.807, 2.05) is 44.2 Å². The number of rotatable bonds is 5. The van der Waals surface area contributed by atoms with Gasteiger partial charge < -0.3 is 19.5 Å². The number of nitro groups is 1. The van der Waals surface area contributed by atoms with Crippen LogP contribution in [0.1, 0.15) is 50.7 Å². The maximum atomic E-state index is 13.6. The maximum Gasteiger partial charge on any atom is 0.337 e. The number of carbonyl (C=O) groups excluding carboxylic acids is 2. The highest BCUT2D eigenvalue weighted by Crippen LogP contribution is 2.54. The summed E-state index contributed by atoms with van der Waals surface area (Å²) in [5, 5.41) is 15.4. The van der Waals surface area contributed by atoms with Gasteiger partial charge in [0.15, 0.2) is 11.5 Å². The lowest BCUT2D eigenvalue weighted by Gasteiger charge is -2.42. The average molecular weight is 491 g/mol. The zero-order valence-corrected chi connectivity index (χ0v) is 20.3. The summed E-state index contributed by atoms with van der Waals surface area (Å²) in [7, 11) is 0. The number of ether oxygens (including phenoxy) is 3. The second kappa shape index (κ2) is 8.82. The molecule has 9 heteroatoms. The van der Waals surface area contributed by atoms with Crippen LogP contribution in [-0.2, 0) is 20.9 Å². The van der Waals surface area contributed by atoms with E-state index in [4.69, 9.17) is 14.2 Å². The molecule has 1 atom stereocenters. The van der Waals surface area contributed by atoms with E-state index in [0.717, 1.165) is 11.1 Å². The number of allylic oxidation sites excluding steroid dienone is 3. The van der Waals surface area contributed by atoms with E-state index in [9.17, 15) is 19.7 Å². The van der Waals surface area contributed by atoms with Crippen molar-refractivity contribution >= 4 is 17.4 Å². The number of nitrogens with zero attached hydrogens (tertiary/aromatic N) is 1. The van der Waals surface area contributed by atoms with Crippen LogP contribution in [0.15, 0.2) is 65.0 Å². The Bertz CT molecular complexity index is 1340. The SMILES string of the molecule is CC1=C(C(=O)OCc2ccccc2)C(c2cc3c(cc2[N+](=O)[O-])OCO3)C2=C(CC(=O)CC2(C)C)N1. The van der Waals surface area contributed by atoms with Gasteiger partial charge in [0.05, 0.1) is 16.6 Å². The van der Waals surface area contributed by atoms with Gasteiger partial charge in [0.1, 0.15) is 12.4 Å².